The van der Waals surface area contributed by atoms with Gasteiger partial charge < -0.3 is 19.5 Å². The molecule has 3 rings (SSSR count). The van der Waals surface area contributed by atoms with Gasteiger partial charge in [0.25, 0.3) is 0 Å². The SMILES string of the molecule is COc1ccc2c(c1CN1CCN(C(=O)O)C[C@H]1C)OCC2=O. The fourth-order valence-electron chi connectivity index (χ4n) is 3.16. The van der Waals surface area contributed by atoms with Crippen molar-refractivity contribution >= 4 is 11.9 Å². The summed E-state index contributed by atoms with van der Waals surface area (Å²) in [6, 6.07) is 3.61. The molecule has 1 aromatic carbocycles. The summed E-state index contributed by atoms with van der Waals surface area (Å²) in [6.45, 7) is 4.19. The van der Waals surface area contributed by atoms with Crippen molar-refractivity contribution < 1.29 is 24.2 Å². The zero-order valence-electron chi connectivity index (χ0n) is 13.2. The smallest absolute Gasteiger partial charge is 0.407 e. The molecule has 7 heteroatoms. The Morgan fingerprint density at radius 1 is 1.43 bits per heavy atom. The normalized spacial score (nSPS) is 21.0. The number of hydrogen-bond donors (Lipinski definition) is 1. The van der Waals surface area contributed by atoms with Gasteiger partial charge in [0.05, 0.1) is 18.2 Å². The number of rotatable bonds is 3. The predicted octanol–water partition coefficient (Wildman–Crippen LogP) is 1.45. The first-order valence-corrected chi connectivity index (χ1v) is 7.59. The molecule has 0 spiro atoms. The summed E-state index contributed by atoms with van der Waals surface area (Å²) in [6.07, 6.45) is -0.886. The van der Waals surface area contributed by atoms with Crippen molar-refractivity contribution in [3.63, 3.8) is 0 Å². The largest absolute Gasteiger partial charge is 0.496 e. The molecule has 2 aliphatic heterocycles. The number of hydrogen-bond acceptors (Lipinski definition) is 5. The van der Waals surface area contributed by atoms with Crippen molar-refractivity contribution in [1.29, 1.82) is 0 Å². The van der Waals surface area contributed by atoms with Crippen molar-refractivity contribution in [2.75, 3.05) is 33.4 Å². The van der Waals surface area contributed by atoms with E-state index in [1.165, 1.54) is 4.90 Å². The Balaban J connectivity index is 1.83. The van der Waals surface area contributed by atoms with Gasteiger partial charge in [0.2, 0.25) is 5.78 Å². The number of methoxy groups -OCH3 is 1. The number of Topliss-reactive ketones (excluding diaryl/α,β-unsaturated/α-hetero) is 1. The lowest BCUT2D eigenvalue weighted by Crippen LogP contribution is -2.52. The Morgan fingerprint density at radius 2 is 2.22 bits per heavy atom. The molecule has 124 valence electrons. The van der Waals surface area contributed by atoms with Gasteiger partial charge in [-0.15, -0.1) is 0 Å². The van der Waals surface area contributed by atoms with Crippen LogP contribution in [0, 0.1) is 0 Å². The number of amides is 1. The Labute approximate surface area is 134 Å². The first-order valence-electron chi connectivity index (χ1n) is 7.59. The molecule has 0 bridgehead atoms. The van der Waals surface area contributed by atoms with E-state index >= 15 is 0 Å². The van der Waals surface area contributed by atoms with Crippen molar-refractivity contribution in [3.05, 3.63) is 23.3 Å². The van der Waals surface area contributed by atoms with Crippen LogP contribution in [-0.2, 0) is 6.54 Å². The van der Waals surface area contributed by atoms with Gasteiger partial charge in [0.1, 0.15) is 11.5 Å². The van der Waals surface area contributed by atoms with Gasteiger partial charge >= 0.3 is 6.09 Å². The molecule has 7 nitrogen and oxygen atoms in total. The number of carboxylic acid groups (broad SMARTS) is 1. The molecule has 1 aromatic rings. The molecular weight excluding hydrogens is 300 g/mol. The van der Waals surface area contributed by atoms with Gasteiger partial charge in [-0.3, -0.25) is 9.69 Å². The Kier molecular flexibility index (Phi) is 4.12. The second kappa shape index (κ2) is 6.08. The molecule has 0 saturated carbocycles. The van der Waals surface area contributed by atoms with Gasteiger partial charge in [0, 0.05) is 32.2 Å². The molecule has 2 heterocycles. The molecule has 1 saturated heterocycles. The number of ether oxygens (including phenoxy) is 2. The van der Waals surface area contributed by atoms with Crippen LogP contribution in [0.4, 0.5) is 4.79 Å². The highest BCUT2D eigenvalue weighted by Gasteiger charge is 2.31. The summed E-state index contributed by atoms with van der Waals surface area (Å²) < 4.78 is 11.0. The van der Waals surface area contributed by atoms with E-state index in [9.17, 15) is 9.59 Å². The fraction of sp³-hybridized carbons (Fsp3) is 0.500. The van der Waals surface area contributed by atoms with E-state index in [-0.39, 0.29) is 18.4 Å². The van der Waals surface area contributed by atoms with Crippen LogP contribution in [0.5, 0.6) is 11.5 Å². The zero-order chi connectivity index (χ0) is 16.6. The van der Waals surface area contributed by atoms with Gasteiger partial charge in [-0.25, -0.2) is 4.79 Å². The van der Waals surface area contributed by atoms with E-state index in [1.54, 1.807) is 19.2 Å². The summed E-state index contributed by atoms with van der Waals surface area (Å²) in [5.41, 5.74) is 1.45. The van der Waals surface area contributed by atoms with E-state index in [0.29, 0.717) is 43.2 Å². The van der Waals surface area contributed by atoms with Crippen molar-refractivity contribution in [3.8, 4) is 11.5 Å². The molecule has 1 amide bonds. The lowest BCUT2D eigenvalue weighted by molar-refractivity contribution is 0.0703. The number of fused-ring (bicyclic) bond motifs is 1. The van der Waals surface area contributed by atoms with Crippen LogP contribution in [0.2, 0.25) is 0 Å². The highest BCUT2D eigenvalue weighted by atomic mass is 16.5. The van der Waals surface area contributed by atoms with Crippen molar-refractivity contribution in [1.82, 2.24) is 9.80 Å². The van der Waals surface area contributed by atoms with Crippen LogP contribution in [0.1, 0.15) is 22.8 Å². The first-order chi connectivity index (χ1) is 11.0. The van der Waals surface area contributed by atoms with E-state index in [1.807, 2.05) is 6.92 Å². The monoisotopic (exact) mass is 320 g/mol. The summed E-state index contributed by atoms with van der Waals surface area (Å²) in [5, 5.41) is 9.10. The standard InChI is InChI=1S/C16H20N2O5/c1-10-7-18(16(20)21)6-5-17(10)8-12-14(22-2)4-3-11-13(19)9-23-15(11)12/h3-4,10H,5-9H2,1-2H3,(H,20,21)/t10-/m1/s1. The second-order valence-corrected chi connectivity index (χ2v) is 5.88. The summed E-state index contributed by atoms with van der Waals surface area (Å²) in [7, 11) is 1.59. The summed E-state index contributed by atoms with van der Waals surface area (Å²) in [4.78, 5) is 26.5. The molecule has 0 unspecified atom stereocenters. The van der Waals surface area contributed by atoms with Crippen LogP contribution in [0.3, 0.4) is 0 Å². The topological polar surface area (TPSA) is 79.3 Å². The molecule has 1 fully saturated rings. The minimum atomic E-state index is -0.886. The summed E-state index contributed by atoms with van der Waals surface area (Å²) >= 11 is 0. The number of ketones is 1. The van der Waals surface area contributed by atoms with Crippen molar-refractivity contribution in [2.45, 2.75) is 19.5 Å². The van der Waals surface area contributed by atoms with Gasteiger partial charge in [-0.1, -0.05) is 0 Å². The second-order valence-electron chi connectivity index (χ2n) is 5.88. The molecular formula is C16H20N2O5. The molecule has 2 aliphatic rings. The maximum absolute atomic E-state index is 11.8. The Hall–Kier alpha value is -2.28. The van der Waals surface area contributed by atoms with Crippen LogP contribution >= 0.6 is 0 Å². The highest BCUT2D eigenvalue weighted by molar-refractivity contribution is 6.03. The first kappa shape index (κ1) is 15.6. The Morgan fingerprint density at radius 3 is 2.87 bits per heavy atom. The molecule has 1 N–H and O–H groups in total. The molecule has 0 aliphatic carbocycles. The molecule has 23 heavy (non-hydrogen) atoms. The lowest BCUT2D eigenvalue weighted by atomic mass is 10.0. The van der Waals surface area contributed by atoms with Gasteiger partial charge in [0.15, 0.2) is 6.61 Å². The third kappa shape index (κ3) is 2.84. The number of piperazine rings is 1. The minimum Gasteiger partial charge on any atom is -0.496 e. The highest BCUT2D eigenvalue weighted by Crippen LogP contribution is 2.37. The fourth-order valence-corrected chi connectivity index (χ4v) is 3.16. The number of nitrogens with zero attached hydrogens (tertiary/aromatic N) is 2. The lowest BCUT2D eigenvalue weighted by Gasteiger charge is -2.38. The summed E-state index contributed by atoms with van der Waals surface area (Å²) in [5.74, 6) is 1.26. The average Bonchev–Trinajstić information content (AvgIpc) is 2.91. The van der Waals surface area contributed by atoms with Crippen LogP contribution in [0.25, 0.3) is 0 Å². The van der Waals surface area contributed by atoms with Gasteiger partial charge in [-0.2, -0.15) is 0 Å². The van der Waals surface area contributed by atoms with Gasteiger partial charge in [-0.05, 0) is 19.1 Å². The number of carbonyl (C=O) groups is 2. The van der Waals surface area contributed by atoms with E-state index < -0.39 is 6.09 Å². The zero-order valence-corrected chi connectivity index (χ0v) is 13.2. The maximum Gasteiger partial charge on any atom is 0.407 e. The van der Waals surface area contributed by atoms with E-state index in [0.717, 1.165) is 5.56 Å². The number of carbonyl (C=O) groups excluding carboxylic acids is 1. The minimum absolute atomic E-state index is 0.0207. The van der Waals surface area contributed by atoms with E-state index in [2.05, 4.69) is 4.90 Å². The van der Waals surface area contributed by atoms with Crippen LogP contribution in [-0.4, -0.2) is 66.2 Å². The Bertz CT molecular complexity index is 646. The van der Waals surface area contributed by atoms with Crippen LogP contribution in [0.15, 0.2) is 12.1 Å². The third-order valence-corrected chi connectivity index (χ3v) is 4.48. The average molecular weight is 320 g/mol. The molecule has 1 atom stereocenters. The molecule has 0 aromatic heterocycles. The predicted molar refractivity (Wildman–Crippen MR) is 82.3 cm³/mol. The van der Waals surface area contributed by atoms with Crippen LogP contribution < -0.4 is 9.47 Å². The third-order valence-electron chi connectivity index (χ3n) is 4.48. The maximum atomic E-state index is 11.8. The molecule has 0 radical (unpaired) electrons. The van der Waals surface area contributed by atoms with E-state index in [4.69, 9.17) is 14.6 Å². The van der Waals surface area contributed by atoms with Crippen molar-refractivity contribution in [2.24, 2.45) is 0 Å². The number of benzene rings is 1. The quantitative estimate of drug-likeness (QED) is 0.908.